The van der Waals surface area contributed by atoms with Gasteiger partial charge in [0.25, 0.3) is 5.91 Å². The van der Waals surface area contributed by atoms with Crippen molar-refractivity contribution in [3.8, 4) is 0 Å². The number of ketones is 1. The number of rotatable bonds is 17. The molecule has 4 N–H and O–H groups in total. The van der Waals surface area contributed by atoms with Gasteiger partial charge in [0.2, 0.25) is 23.5 Å². The number of nitrogens with one attached hydrogen (secondary N) is 4. The summed E-state index contributed by atoms with van der Waals surface area (Å²) in [5.74, 6) is -2.49. The lowest BCUT2D eigenvalue weighted by Crippen LogP contribution is -2.62. The number of carbonyl (C=O) groups excluding carboxylic acids is 7. The highest BCUT2D eigenvalue weighted by molar-refractivity contribution is 6.38. The van der Waals surface area contributed by atoms with Crippen LogP contribution < -0.4 is 21.3 Å². The Morgan fingerprint density at radius 2 is 1.53 bits per heavy atom. The van der Waals surface area contributed by atoms with Crippen molar-refractivity contribution >= 4 is 41.7 Å². The summed E-state index contributed by atoms with van der Waals surface area (Å²) in [4.78, 5) is 93.7. The molecule has 1 saturated heterocycles. The summed E-state index contributed by atoms with van der Waals surface area (Å²) < 4.78 is 0. The fraction of sp³-hybridized carbons (Fsp3) is 0.806. The molecule has 0 aromatic rings. The van der Waals surface area contributed by atoms with E-state index in [1.54, 1.807) is 18.9 Å². The standard InChI is InChI=1S/C36H64N6O7/c1-13-23(3)20-24(28(45)31(47)37-14-2)38-30(46)25-16-15-18-42(25)32(48)29(35(7,8)9)40-33(49)39-26(34(4,5)6)22-41(12)27(44)21-36(10,11)17-19-43/h19,23-26,29H,13-18,20-22H2,1-12H3,(H,37,47)(H,38,46)(H2,39,40,49). The number of likely N-dealkylation sites (tertiary alicyclic amines) is 1. The van der Waals surface area contributed by atoms with Crippen LogP contribution in [0.15, 0.2) is 0 Å². The number of nitrogens with zero attached hydrogens (tertiary/aromatic N) is 2. The molecule has 0 radical (unpaired) electrons. The van der Waals surface area contributed by atoms with E-state index < -0.39 is 69.9 Å². The van der Waals surface area contributed by atoms with Gasteiger partial charge < -0.3 is 35.9 Å². The maximum Gasteiger partial charge on any atom is 0.315 e. The smallest absolute Gasteiger partial charge is 0.315 e. The van der Waals surface area contributed by atoms with Gasteiger partial charge in [0.1, 0.15) is 18.4 Å². The SMILES string of the molecule is CCNC(=O)C(=O)C(CC(C)CC)NC(=O)C1CCCN1C(=O)C(NC(=O)NC(CN(C)C(=O)CC(C)(C)CC=O)C(C)(C)C)C(C)(C)C. The Bertz CT molecular complexity index is 1190. The van der Waals surface area contributed by atoms with E-state index >= 15 is 0 Å². The minimum atomic E-state index is -1.02. The number of Topliss-reactive ketones (excluding diaryl/α,β-unsaturated/α-hetero) is 1. The fourth-order valence-electron chi connectivity index (χ4n) is 5.68. The zero-order valence-corrected chi connectivity index (χ0v) is 32.1. The first-order valence-electron chi connectivity index (χ1n) is 17.7. The Morgan fingerprint density at radius 1 is 0.918 bits per heavy atom. The van der Waals surface area contributed by atoms with E-state index in [0.29, 0.717) is 19.4 Å². The lowest BCUT2D eigenvalue weighted by Gasteiger charge is -2.38. The van der Waals surface area contributed by atoms with Gasteiger partial charge in [-0.05, 0) is 48.3 Å². The second kappa shape index (κ2) is 18.5. The normalized spacial score (nSPS) is 17.6. The second-order valence-corrected chi connectivity index (χ2v) is 16.5. The van der Waals surface area contributed by atoms with Gasteiger partial charge in [0.15, 0.2) is 0 Å². The lowest BCUT2D eigenvalue weighted by molar-refractivity contribution is -0.144. The van der Waals surface area contributed by atoms with Crippen molar-refractivity contribution in [3.05, 3.63) is 0 Å². The van der Waals surface area contributed by atoms with E-state index in [1.165, 1.54) is 4.90 Å². The molecule has 1 aliphatic heterocycles. The van der Waals surface area contributed by atoms with Crippen molar-refractivity contribution in [1.29, 1.82) is 0 Å². The second-order valence-electron chi connectivity index (χ2n) is 16.5. The Hall–Kier alpha value is -3.51. The summed E-state index contributed by atoms with van der Waals surface area (Å²) in [6.07, 6.45) is 3.22. The molecule has 5 atom stereocenters. The van der Waals surface area contributed by atoms with E-state index in [2.05, 4.69) is 21.3 Å². The molecule has 280 valence electrons. The molecular formula is C36H64N6O7. The van der Waals surface area contributed by atoms with Crippen LogP contribution in [0.5, 0.6) is 0 Å². The Kier molecular flexibility index (Phi) is 16.4. The van der Waals surface area contributed by atoms with Crippen LogP contribution in [0.3, 0.4) is 0 Å². The zero-order valence-electron chi connectivity index (χ0n) is 32.1. The van der Waals surface area contributed by atoms with Crippen LogP contribution in [-0.4, -0.2) is 102 Å². The first-order chi connectivity index (χ1) is 22.5. The van der Waals surface area contributed by atoms with Crippen LogP contribution in [0.4, 0.5) is 4.79 Å². The molecule has 0 bridgehead atoms. The Labute approximate surface area is 293 Å². The number of amides is 6. The molecule has 0 saturated carbocycles. The molecule has 5 unspecified atom stereocenters. The van der Waals surface area contributed by atoms with E-state index in [4.69, 9.17) is 0 Å². The molecular weight excluding hydrogens is 628 g/mol. The summed E-state index contributed by atoms with van der Waals surface area (Å²) in [6.45, 7) is 21.4. The first kappa shape index (κ1) is 43.5. The molecule has 1 rings (SSSR count). The highest BCUT2D eigenvalue weighted by atomic mass is 16.2. The molecule has 0 aliphatic carbocycles. The van der Waals surface area contributed by atoms with Gasteiger partial charge in [-0.25, -0.2) is 4.79 Å². The molecule has 0 aromatic heterocycles. The monoisotopic (exact) mass is 692 g/mol. The van der Waals surface area contributed by atoms with Gasteiger partial charge >= 0.3 is 6.03 Å². The largest absolute Gasteiger partial charge is 0.350 e. The number of urea groups is 1. The Morgan fingerprint density at radius 3 is 2.04 bits per heavy atom. The summed E-state index contributed by atoms with van der Waals surface area (Å²) in [6, 6.07) is -3.96. The number of hydrogen-bond acceptors (Lipinski definition) is 7. The minimum Gasteiger partial charge on any atom is -0.350 e. The quantitative estimate of drug-likeness (QED) is 0.134. The molecule has 49 heavy (non-hydrogen) atoms. The molecule has 1 heterocycles. The average molecular weight is 693 g/mol. The molecule has 0 aromatic carbocycles. The number of aldehydes is 1. The van der Waals surface area contributed by atoms with Gasteiger partial charge in [0.05, 0.1) is 12.1 Å². The summed E-state index contributed by atoms with van der Waals surface area (Å²) in [5.41, 5.74) is -1.69. The third kappa shape index (κ3) is 13.7. The summed E-state index contributed by atoms with van der Waals surface area (Å²) in [7, 11) is 1.66. The third-order valence-electron chi connectivity index (χ3n) is 9.25. The van der Waals surface area contributed by atoms with Crippen molar-refractivity contribution in [2.24, 2.45) is 22.2 Å². The van der Waals surface area contributed by atoms with Gasteiger partial charge in [-0.15, -0.1) is 0 Å². The number of carbonyl (C=O) groups is 7. The predicted octanol–water partition coefficient (Wildman–Crippen LogP) is 3.20. The third-order valence-corrected chi connectivity index (χ3v) is 9.25. The average Bonchev–Trinajstić information content (AvgIpc) is 3.47. The maximum absolute atomic E-state index is 14.1. The van der Waals surface area contributed by atoms with Crippen molar-refractivity contribution < 1.29 is 33.6 Å². The van der Waals surface area contributed by atoms with E-state index in [1.807, 2.05) is 69.2 Å². The molecule has 6 amide bonds. The lowest BCUT2D eigenvalue weighted by atomic mass is 9.84. The van der Waals surface area contributed by atoms with Gasteiger partial charge in [-0.2, -0.15) is 0 Å². The fourth-order valence-corrected chi connectivity index (χ4v) is 5.68. The highest BCUT2D eigenvalue weighted by Crippen LogP contribution is 2.28. The van der Waals surface area contributed by atoms with Crippen molar-refractivity contribution in [3.63, 3.8) is 0 Å². The van der Waals surface area contributed by atoms with Crippen LogP contribution in [0.25, 0.3) is 0 Å². The van der Waals surface area contributed by atoms with E-state index in [9.17, 15) is 33.6 Å². The van der Waals surface area contributed by atoms with Gasteiger partial charge in [-0.3, -0.25) is 24.0 Å². The molecule has 13 nitrogen and oxygen atoms in total. The molecule has 13 heteroatoms. The zero-order chi connectivity index (χ0) is 37.9. The van der Waals surface area contributed by atoms with E-state index in [0.717, 1.165) is 12.7 Å². The number of hydrogen-bond donors (Lipinski definition) is 4. The van der Waals surface area contributed by atoms with Crippen LogP contribution >= 0.6 is 0 Å². The van der Waals surface area contributed by atoms with Crippen LogP contribution in [0.2, 0.25) is 0 Å². The van der Waals surface area contributed by atoms with Gasteiger partial charge in [0, 0.05) is 39.5 Å². The summed E-state index contributed by atoms with van der Waals surface area (Å²) in [5, 5.41) is 11.1. The summed E-state index contributed by atoms with van der Waals surface area (Å²) >= 11 is 0. The highest BCUT2D eigenvalue weighted by Gasteiger charge is 2.43. The number of likely N-dealkylation sites (N-methyl/N-ethyl adjacent to an activating group) is 2. The van der Waals surface area contributed by atoms with Gasteiger partial charge in [-0.1, -0.05) is 75.7 Å². The molecule has 1 fully saturated rings. The molecule has 0 spiro atoms. The maximum atomic E-state index is 14.1. The Balaban J connectivity index is 3.17. The molecule has 1 aliphatic rings. The minimum absolute atomic E-state index is 0.0714. The van der Waals surface area contributed by atoms with Crippen molar-refractivity contribution in [2.75, 3.05) is 26.7 Å². The topological polar surface area (TPSA) is 174 Å². The van der Waals surface area contributed by atoms with Crippen LogP contribution in [0, 0.1) is 22.2 Å². The first-order valence-corrected chi connectivity index (χ1v) is 17.7. The predicted molar refractivity (Wildman–Crippen MR) is 189 cm³/mol. The van der Waals surface area contributed by atoms with E-state index in [-0.39, 0.29) is 44.2 Å². The van der Waals surface area contributed by atoms with Crippen LogP contribution in [0.1, 0.15) is 115 Å². The van der Waals surface area contributed by atoms with Crippen molar-refractivity contribution in [1.82, 2.24) is 31.1 Å². The van der Waals surface area contributed by atoms with Crippen molar-refractivity contribution in [2.45, 2.75) is 139 Å². The van der Waals surface area contributed by atoms with Crippen LogP contribution in [-0.2, 0) is 28.8 Å².